The van der Waals surface area contributed by atoms with Crippen molar-refractivity contribution in [1.29, 1.82) is 0 Å². The number of carbonyl (C=O) groups excluding carboxylic acids is 2. The summed E-state index contributed by atoms with van der Waals surface area (Å²) in [5.74, 6) is -0.966. The van der Waals surface area contributed by atoms with Crippen molar-refractivity contribution in [2.45, 2.75) is 0 Å². The third-order valence-electron chi connectivity index (χ3n) is 3.00. The van der Waals surface area contributed by atoms with E-state index in [1.165, 1.54) is 24.3 Å². The van der Waals surface area contributed by atoms with E-state index < -0.39 is 24.2 Å². The lowest BCUT2D eigenvalue weighted by molar-refractivity contribution is -0.136. The average molecular weight is 314 g/mol. The Morgan fingerprint density at radius 1 is 1.13 bits per heavy atom. The van der Waals surface area contributed by atoms with E-state index in [1.807, 2.05) is 0 Å². The van der Waals surface area contributed by atoms with Crippen LogP contribution in [0.4, 0.5) is 4.39 Å². The van der Waals surface area contributed by atoms with Crippen molar-refractivity contribution in [3.05, 3.63) is 71.6 Å². The van der Waals surface area contributed by atoms with Gasteiger partial charge >= 0.3 is 5.97 Å². The number of halogens is 1. The highest BCUT2D eigenvalue weighted by Crippen LogP contribution is 2.13. The molecule has 0 spiro atoms. The van der Waals surface area contributed by atoms with Crippen LogP contribution in [-0.2, 0) is 9.53 Å². The van der Waals surface area contributed by atoms with E-state index in [2.05, 4.69) is 0 Å². The molecule has 0 aliphatic carbocycles. The predicted octanol–water partition coefficient (Wildman–Crippen LogP) is 3.27. The Bertz CT molecular complexity index is 737. The van der Waals surface area contributed by atoms with Gasteiger partial charge in [0.2, 0.25) is 0 Å². The number of hydrogen-bond acceptors (Lipinski definition) is 4. The molecule has 0 saturated heterocycles. The standard InChI is InChI=1S/C18H15FO4/c1-22-16-7-2-4-13(10-16)8-9-18(21)23-12-17(20)14-5-3-6-15(19)11-14/h2-11H,12H2,1H3/b9-8+. The van der Waals surface area contributed by atoms with Crippen LogP contribution >= 0.6 is 0 Å². The van der Waals surface area contributed by atoms with Gasteiger partial charge in [-0.1, -0.05) is 24.3 Å². The van der Waals surface area contributed by atoms with E-state index in [0.29, 0.717) is 5.75 Å². The maximum atomic E-state index is 13.0. The molecule has 0 amide bonds. The lowest BCUT2D eigenvalue weighted by atomic mass is 10.1. The van der Waals surface area contributed by atoms with Crippen molar-refractivity contribution < 1.29 is 23.5 Å². The number of methoxy groups -OCH3 is 1. The predicted molar refractivity (Wildman–Crippen MR) is 83.7 cm³/mol. The summed E-state index contributed by atoms with van der Waals surface area (Å²) in [6.07, 6.45) is 2.77. The van der Waals surface area contributed by atoms with Crippen LogP contribution in [0.2, 0.25) is 0 Å². The van der Waals surface area contributed by atoms with Crippen LogP contribution in [-0.4, -0.2) is 25.5 Å². The topological polar surface area (TPSA) is 52.6 Å². The van der Waals surface area contributed by atoms with Gasteiger partial charge in [-0.2, -0.15) is 0 Å². The molecule has 2 rings (SSSR count). The van der Waals surface area contributed by atoms with Crippen molar-refractivity contribution in [2.24, 2.45) is 0 Å². The molecule has 0 aliphatic rings. The van der Waals surface area contributed by atoms with Gasteiger partial charge in [-0.3, -0.25) is 4.79 Å². The molecule has 0 N–H and O–H groups in total. The molecule has 0 unspecified atom stereocenters. The summed E-state index contributed by atoms with van der Waals surface area (Å²) in [5.41, 5.74) is 0.923. The summed E-state index contributed by atoms with van der Waals surface area (Å²) in [6, 6.07) is 12.3. The molecule has 0 radical (unpaired) electrons. The van der Waals surface area contributed by atoms with E-state index in [-0.39, 0.29) is 5.56 Å². The van der Waals surface area contributed by atoms with Gasteiger partial charge < -0.3 is 9.47 Å². The summed E-state index contributed by atoms with van der Waals surface area (Å²) in [6.45, 7) is -0.440. The molecule has 23 heavy (non-hydrogen) atoms. The molecule has 0 heterocycles. The van der Waals surface area contributed by atoms with Gasteiger partial charge in [0.15, 0.2) is 12.4 Å². The van der Waals surface area contributed by atoms with Crippen molar-refractivity contribution in [3.63, 3.8) is 0 Å². The number of benzene rings is 2. The second kappa shape index (κ2) is 7.89. The molecule has 0 aliphatic heterocycles. The van der Waals surface area contributed by atoms with Gasteiger partial charge in [0.1, 0.15) is 11.6 Å². The van der Waals surface area contributed by atoms with Gasteiger partial charge in [0.25, 0.3) is 0 Å². The Morgan fingerprint density at radius 2 is 1.91 bits per heavy atom. The van der Waals surface area contributed by atoms with Crippen LogP contribution in [0.15, 0.2) is 54.6 Å². The van der Waals surface area contributed by atoms with Crippen LogP contribution < -0.4 is 4.74 Å². The minimum Gasteiger partial charge on any atom is -0.497 e. The summed E-state index contributed by atoms with van der Waals surface area (Å²) in [4.78, 5) is 23.4. The van der Waals surface area contributed by atoms with Crippen molar-refractivity contribution in [3.8, 4) is 5.75 Å². The largest absolute Gasteiger partial charge is 0.497 e. The first-order valence-electron chi connectivity index (χ1n) is 6.86. The summed E-state index contributed by atoms with van der Waals surface area (Å²) >= 11 is 0. The van der Waals surface area contributed by atoms with Gasteiger partial charge in [0.05, 0.1) is 7.11 Å². The van der Waals surface area contributed by atoms with Crippen molar-refractivity contribution in [2.75, 3.05) is 13.7 Å². The van der Waals surface area contributed by atoms with Gasteiger partial charge in [-0.25, -0.2) is 9.18 Å². The smallest absolute Gasteiger partial charge is 0.331 e. The summed E-state index contributed by atoms with van der Waals surface area (Å²) < 4.78 is 22.9. The van der Waals surface area contributed by atoms with Gasteiger partial charge in [0, 0.05) is 11.6 Å². The Labute approximate surface area is 133 Å². The summed E-state index contributed by atoms with van der Waals surface area (Å²) in [5, 5.41) is 0. The number of rotatable bonds is 6. The molecule has 2 aromatic carbocycles. The second-order valence-corrected chi connectivity index (χ2v) is 4.65. The van der Waals surface area contributed by atoms with Crippen LogP contribution in [0.1, 0.15) is 15.9 Å². The zero-order valence-electron chi connectivity index (χ0n) is 12.5. The molecule has 2 aromatic rings. The quantitative estimate of drug-likeness (QED) is 0.466. The molecule has 118 valence electrons. The monoisotopic (exact) mass is 314 g/mol. The number of ether oxygens (including phenoxy) is 2. The van der Waals surface area contributed by atoms with Crippen LogP contribution in [0.25, 0.3) is 6.08 Å². The molecule has 0 atom stereocenters. The minimum atomic E-state index is -0.655. The third kappa shape index (κ3) is 5.07. The van der Waals surface area contributed by atoms with E-state index >= 15 is 0 Å². The Morgan fingerprint density at radius 3 is 2.65 bits per heavy atom. The maximum Gasteiger partial charge on any atom is 0.331 e. The zero-order chi connectivity index (χ0) is 16.7. The van der Waals surface area contributed by atoms with Crippen molar-refractivity contribution >= 4 is 17.8 Å². The van der Waals surface area contributed by atoms with E-state index in [1.54, 1.807) is 37.5 Å². The molecule has 4 nitrogen and oxygen atoms in total. The lowest BCUT2D eigenvalue weighted by Gasteiger charge is -2.02. The van der Waals surface area contributed by atoms with E-state index in [0.717, 1.165) is 11.6 Å². The maximum absolute atomic E-state index is 13.0. The molecule has 0 saturated carbocycles. The number of Topliss-reactive ketones (excluding diaryl/α,β-unsaturated/α-hetero) is 1. The fraction of sp³-hybridized carbons (Fsp3) is 0.111. The molecular formula is C18H15FO4. The van der Waals surface area contributed by atoms with Crippen LogP contribution in [0, 0.1) is 5.82 Å². The van der Waals surface area contributed by atoms with E-state index in [9.17, 15) is 14.0 Å². The normalized spacial score (nSPS) is 10.5. The second-order valence-electron chi connectivity index (χ2n) is 4.65. The molecule has 5 heteroatoms. The third-order valence-corrected chi connectivity index (χ3v) is 3.00. The number of esters is 1. The molecule has 0 aromatic heterocycles. The minimum absolute atomic E-state index is 0.162. The zero-order valence-corrected chi connectivity index (χ0v) is 12.5. The van der Waals surface area contributed by atoms with Crippen LogP contribution in [0.5, 0.6) is 5.75 Å². The number of hydrogen-bond donors (Lipinski definition) is 0. The average Bonchev–Trinajstić information content (AvgIpc) is 2.58. The van der Waals surface area contributed by atoms with Crippen LogP contribution in [0.3, 0.4) is 0 Å². The molecule has 0 bridgehead atoms. The van der Waals surface area contributed by atoms with Gasteiger partial charge in [-0.15, -0.1) is 0 Å². The highest BCUT2D eigenvalue weighted by molar-refractivity contribution is 5.98. The first-order chi connectivity index (χ1) is 11.1. The highest BCUT2D eigenvalue weighted by Gasteiger charge is 2.09. The first-order valence-corrected chi connectivity index (χ1v) is 6.86. The molecule has 0 fully saturated rings. The number of ketones is 1. The SMILES string of the molecule is COc1cccc(/C=C/C(=O)OCC(=O)c2cccc(F)c2)c1. The Hall–Kier alpha value is -2.95. The Balaban J connectivity index is 1.89. The molecular weight excluding hydrogens is 299 g/mol. The highest BCUT2D eigenvalue weighted by atomic mass is 19.1. The Kier molecular flexibility index (Phi) is 5.63. The van der Waals surface area contributed by atoms with E-state index in [4.69, 9.17) is 9.47 Å². The van der Waals surface area contributed by atoms with Gasteiger partial charge in [-0.05, 0) is 35.9 Å². The number of carbonyl (C=O) groups is 2. The summed E-state index contributed by atoms with van der Waals surface area (Å²) in [7, 11) is 1.55. The van der Waals surface area contributed by atoms with Crippen molar-refractivity contribution in [1.82, 2.24) is 0 Å². The lowest BCUT2D eigenvalue weighted by Crippen LogP contribution is -2.12. The first kappa shape index (κ1) is 16.4. The fourth-order valence-corrected chi connectivity index (χ4v) is 1.84. The fourth-order valence-electron chi connectivity index (χ4n) is 1.84.